The topological polar surface area (TPSA) is 65.0 Å². The molecule has 0 saturated heterocycles. The number of furan rings is 2. The summed E-state index contributed by atoms with van der Waals surface area (Å²) in [6.45, 7) is 0. The van der Waals surface area contributed by atoms with Crippen LogP contribution >= 0.6 is 0 Å². The van der Waals surface area contributed by atoms with Gasteiger partial charge in [0.05, 0.1) is 0 Å². The molecule has 5 nitrogen and oxygen atoms in total. The molecule has 10 rings (SSSR count). The van der Waals surface area contributed by atoms with Crippen molar-refractivity contribution >= 4 is 230 Å². The molecule has 0 atom stereocenters. The van der Waals surface area contributed by atoms with Crippen molar-refractivity contribution in [1.82, 2.24) is 15.0 Å². The zero-order valence-electron chi connectivity index (χ0n) is 39.7. The van der Waals surface area contributed by atoms with Crippen molar-refractivity contribution in [1.29, 1.82) is 0 Å². The summed E-state index contributed by atoms with van der Waals surface area (Å²) < 4.78 is 13.9. The van der Waals surface area contributed by atoms with Gasteiger partial charge in [0.25, 0.3) is 0 Å². The summed E-state index contributed by atoms with van der Waals surface area (Å²) in [5.74, 6) is 1.88. The van der Waals surface area contributed by atoms with Crippen LogP contribution < -0.4 is 76.5 Å². The fourth-order valence-electron chi connectivity index (χ4n) is 10.5. The van der Waals surface area contributed by atoms with Crippen LogP contribution in [0.4, 0.5) is 0 Å². The van der Waals surface area contributed by atoms with E-state index in [2.05, 4.69) is 189 Å². The van der Waals surface area contributed by atoms with Crippen LogP contribution in [0.2, 0.25) is 0 Å². The molecule has 7 aromatic carbocycles. The number of hydrogen-bond donors (Lipinski definition) is 0. The summed E-state index contributed by atoms with van der Waals surface area (Å²) in [6.07, 6.45) is 0. The van der Waals surface area contributed by atoms with Crippen LogP contribution in [0.1, 0.15) is 0 Å². The number of hydrogen-bond acceptors (Lipinski definition) is 5. The molecule has 0 bridgehead atoms. The Bertz CT molecular complexity index is 3680. The summed E-state index contributed by atoms with van der Waals surface area (Å²) in [7, 11) is 30.8. The van der Waals surface area contributed by atoms with Crippen LogP contribution in [-0.2, 0) is 0 Å². The zero-order valence-corrected chi connectivity index (χ0v) is 39.7. The van der Waals surface area contributed by atoms with Crippen molar-refractivity contribution in [3.8, 4) is 56.4 Å². The van der Waals surface area contributed by atoms with Gasteiger partial charge >= 0.3 is 0 Å². The molecule has 64 heavy (non-hydrogen) atoms. The van der Waals surface area contributed by atoms with Crippen molar-refractivity contribution in [2.45, 2.75) is 0 Å². The van der Waals surface area contributed by atoms with Crippen molar-refractivity contribution in [2.24, 2.45) is 0 Å². The number of fused-ring (bicyclic) bond motifs is 6. The highest BCUT2D eigenvalue weighted by Crippen LogP contribution is 2.39. The lowest BCUT2D eigenvalue weighted by Crippen LogP contribution is -2.47. The summed E-state index contributed by atoms with van der Waals surface area (Å²) in [5.41, 5.74) is 27.7. The van der Waals surface area contributed by atoms with Crippen LogP contribution in [0.25, 0.3) is 100 Å². The number of aromatic nitrogens is 3. The van der Waals surface area contributed by atoms with E-state index >= 15 is 0 Å². The number of nitrogens with zero attached hydrogens (tertiary/aromatic N) is 3. The van der Waals surface area contributed by atoms with E-state index in [0.717, 1.165) is 116 Å². The first kappa shape index (κ1) is 42.0. The minimum Gasteiger partial charge on any atom is -0.457 e. The maximum Gasteiger partial charge on any atom is 0.164 e. The van der Waals surface area contributed by atoms with Gasteiger partial charge in [-0.2, -0.15) is 0 Å². The average Bonchev–Trinajstić information content (AvgIpc) is 3.92. The Kier molecular flexibility index (Phi) is 10.1. The van der Waals surface area contributed by atoms with E-state index < -0.39 is 0 Å². The van der Waals surface area contributed by atoms with Gasteiger partial charge < -0.3 is 8.83 Å². The highest BCUT2D eigenvalue weighted by atomic mass is 16.3. The third kappa shape index (κ3) is 6.02. The van der Waals surface area contributed by atoms with Gasteiger partial charge in [-0.05, 0) is 22.3 Å². The maximum absolute atomic E-state index is 6.98. The van der Waals surface area contributed by atoms with E-state index in [9.17, 15) is 0 Å². The maximum atomic E-state index is 6.98. The molecular weight excluding hydrogens is 766 g/mol. The molecule has 3 heterocycles. The predicted octanol–water partition coefficient (Wildman–Crippen LogP) is -12.4. The van der Waals surface area contributed by atoms with Gasteiger partial charge in [0, 0.05) is 38.2 Å². The average molecular weight is 807 g/mol. The van der Waals surface area contributed by atoms with Crippen LogP contribution in [0.5, 0.6) is 0 Å². The lowest BCUT2D eigenvalue weighted by Gasteiger charge is -2.19. The highest BCUT2D eigenvalue weighted by Gasteiger charge is 2.28. The molecule has 3 aromatic heterocycles. The minimum atomic E-state index is 0.615. The van der Waals surface area contributed by atoms with Gasteiger partial charge in [0.2, 0.25) is 0 Å². The second-order valence-corrected chi connectivity index (χ2v) is 18.3. The quantitative estimate of drug-likeness (QED) is 0.162. The standard InChI is InChI=1S/C45H41B14N3O2/c46-25-21-22-27(48)31(52)34(55)38(59)42(22)64-41(21)35(56)29(50)24(25)45-61-43(18-13-7-6-12-17(18)16-11-5-4-10-15(16)14-8-2-1-3-9-14)60-44(62-45)23-19-20-26(47)30(51)33(54)37(58)40(20)63-39(19)36(57)32(53)28(23)49/h1-13H,46-59H2. The summed E-state index contributed by atoms with van der Waals surface area (Å²) in [6, 6.07) is 27.8. The summed E-state index contributed by atoms with van der Waals surface area (Å²) in [5, 5.41) is 4.48. The van der Waals surface area contributed by atoms with Gasteiger partial charge in [-0.25, -0.2) is 15.0 Å². The molecule has 0 spiro atoms. The molecule has 0 amide bonds. The predicted molar refractivity (Wildman–Crippen MR) is 316 cm³/mol. The van der Waals surface area contributed by atoms with Gasteiger partial charge in [-0.15, -0.1) is 10.9 Å². The Morgan fingerprint density at radius 3 is 1.16 bits per heavy atom. The Balaban J connectivity index is 1.36. The molecule has 0 fully saturated rings. The van der Waals surface area contributed by atoms with Crippen LogP contribution in [-0.4, -0.2) is 125 Å². The minimum absolute atomic E-state index is 0.615. The largest absolute Gasteiger partial charge is 0.457 e. The number of rotatable bonds is 5. The molecule has 0 saturated carbocycles. The Labute approximate surface area is 387 Å². The second-order valence-electron chi connectivity index (χ2n) is 18.3. The third-order valence-electron chi connectivity index (χ3n) is 15.3. The first-order valence-electron chi connectivity index (χ1n) is 22.5. The lowest BCUT2D eigenvalue weighted by atomic mass is 9.64. The van der Waals surface area contributed by atoms with Gasteiger partial charge in [0.15, 0.2) is 17.5 Å². The van der Waals surface area contributed by atoms with Crippen LogP contribution in [0.3, 0.4) is 0 Å². The fourth-order valence-corrected chi connectivity index (χ4v) is 10.5. The lowest BCUT2D eigenvalue weighted by molar-refractivity contribution is 0.674. The SMILES string of the molecule is Bc1c(B)c(B)c2c(oc3c(B)c(B)c(-c4nc(-c5ccccc5-c5ccccc5-c5ccccc5)nc(-c5c(B)c(B)c(B)c6oc7c(B)c(B)c(B)c(B)c7c56)n4)c(B)c32)c1B. The molecular formula is C45H41B14N3O2. The monoisotopic (exact) mass is 809 g/mol. The van der Waals surface area contributed by atoms with Crippen molar-refractivity contribution in [2.75, 3.05) is 0 Å². The summed E-state index contributed by atoms with van der Waals surface area (Å²) >= 11 is 0. The first-order valence-corrected chi connectivity index (χ1v) is 22.5. The van der Waals surface area contributed by atoms with Crippen LogP contribution in [0.15, 0.2) is 87.7 Å². The van der Waals surface area contributed by atoms with Crippen molar-refractivity contribution < 1.29 is 8.83 Å². The van der Waals surface area contributed by atoms with E-state index in [4.69, 9.17) is 23.8 Å². The molecule has 290 valence electrons. The molecule has 0 unspecified atom stereocenters. The summed E-state index contributed by atoms with van der Waals surface area (Å²) in [4.78, 5) is 16.8. The molecule has 19 heteroatoms. The molecule has 10 aromatic rings. The molecule has 0 N–H and O–H groups in total. The Morgan fingerprint density at radius 2 is 0.609 bits per heavy atom. The van der Waals surface area contributed by atoms with E-state index in [1.165, 1.54) is 43.6 Å². The van der Waals surface area contributed by atoms with Gasteiger partial charge in [-0.1, -0.05) is 144 Å². The molecule has 0 aliphatic rings. The van der Waals surface area contributed by atoms with Gasteiger partial charge in [0.1, 0.15) is 132 Å². The normalized spacial score (nSPS) is 11.7. The second kappa shape index (κ2) is 15.4. The van der Waals surface area contributed by atoms with E-state index in [-0.39, 0.29) is 0 Å². The van der Waals surface area contributed by atoms with E-state index in [1.54, 1.807) is 0 Å². The molecule has 0 aliphatic heterocycles. The Morgan fingerprint density at radius 1 is 0.266 bits per heavy atom. The fraction of sp³-hybridized carbons (Fsp3) is 0. The number of benzene rings is 7. The zero-order chi connectivity index (χ0) is 45.2. The van der Waals surface area contributed by atoms with E-state index in [0.29, 0.717) is 17.5 Å². The smallest absolute Gasteiger partial charge is 0.164 e. The van der Waals surface area contributed by atoms with Crippen molar-refractivity contribution in [3.63, 3.8) is 0 Å². The Hall–Kier alpha value is -5.94. The van der Waals surface area contributed by atoms with Crippen molar-refractivity contribution in [3.05, 3.63) is 78.9 Å². The van der Waals surface area contributed by atoms with E-state index in [1.807, 2.05) is 0 Å². The third-order valence-corrected chi connectivity index (χ3v) is 15.3. The highest BCUT2D eigenvalue weighted by molar-refractivity contribution is 6.70. The van der Waals surface area contributed by atoms with Crippen LogP contribution in [0, 0.1) is 0 Å². The molecule has 0 aliphatic carbocycles. The molecule has 0 radical (unpaired) electrons. The first-order chi connectivity index (χ1) is 30.6. The van der Waals surface area contributed by atoms with Gasteiger partial charge in [-0.3, -0.25) is 0 Å².